The van der Waals surface area contributed by atoms with Crippen LogP contribution < -0.4 is 27.6 Å². The van der Waals surface area contributed by atoms with Gasteiger partial charge in [0.05, 0.1) is 0 Å². The summed E-state index contributed by atoms with van der Waals surface area (Å²) in [7, 11) is 0. The first kappa shape index (κ1) is 21.3. The summed E-state index contributed by atoms with van der Waals surface area (Å²) in [5.41, 5.74) is 0.724. The minimum Gasteiger partial charge on any atom is -1.00 e. The minimum atomic E-state index is -0.533. The molecular formula is C19H22ClN3O3. The number of nitrogens with zero attached hydrogens (tertiary/aromatic N) is 1. The molecule has 26 heavy (non-hydrogen) atoms. The molecule has 0 spiro atoms. The van der Waals surface area contributed by atoms with Crippen LogP contribution in [0.2, 0.25) is 0 Å². The molecule has 7 heteroatoms. The molecule has 0 aliphatic heterocycles. The smallest absolute Gasteiger partial charge is 0.322 e. The summed E-state index contributed by atoms with van der Waals surface area (Å²) in [6.07, 6.45) is 3.27. The minimum absolute atomic E-state index is 0. The molecule has 0 saturated heterocycles. The SMILES string of the molecule is CC(C)(C)NC(=O)NC(=O)C[n+]1ccc(C(=O)c2ccccc2)cc1.[Cl-]. The topological polar surface area (TPSA) is 79.2 Å². The van der Waals surface area contributed by atoms with Gasteiger partial charge in [-0.3, -0.25) is 14.9 Å². The van der Waals surface area contributed by atoms with Gasteiger partial charge in [0.25, 0.3) is 5.91 Å². The lowest BCUT2D eigenvalue weighted by molar-refractivity contribution is -0.684. The van der Waals surface area contributed by atoms with Crippen LogP contribution in [0.3, 0.4) is 0 Å². The quantitative estimate of drug-likeness (QED) is 0.522. The summed E-state index contributed by atoms with van der Waals surface area (Å²) in [6.45, 7) is 5.47. The molecule has 2 aromatic rings. The molecule has 138 valence electrons. The molecule has 2 rings (SSSR count). The van der Waals surface area contributed by atoms with E-state index in [2.05, 4.69) is 10.6 Å². The number of imide groups is 1. The van der Waals surface area contributed by atoms with E-state index in [4.69, 9.17) is 0 Å². The highest BCUT2D eigenvalue weighted by Crippen LogP contribution is 2.07. The highest BCUT2D eigenvalue weighted by molar-refractivity contribution is 6.08. The number of nitrogens with one attached hydrogen (secondary N) is 2. The number of pyridine rings is 1. The number of benzene rings is 1. The maximum atomic E-state index is 12.3. The Labute approximate surface area is 159 Å². The standard InChI is InChI=1S/C19H21N3O3.ClH/c1-19(2,3)21-18(25)20-16(23)13-22-11-9-15(10-12-22)17(24)14-7-5-4-6-8-14;/h4-12H,13H2,1-3H3,(H-,20,21,23,25);1H. The zero-order valence-electron chi connectivity index (χ0n) is 15.0. The van der Waals surface area contributed by atoms with E-state index < -0.39 is 17.5 Å². The van der Waals surface area contributed by atoms with Crippen LogP contribution in [0.5, 0.6) is 0 Å². The second-order valence-corrected chi connectivity index (χ2v) is 6.71. The van der Waals surface area contributed by atoms with Crippen molar-refractivity contribution in [2.45, 2.75) is 32.9 Å². The van der Waals surface area contributed by atoms with Crippen LogP contribution in [-0.4, -0.2) is 23.3 Å². The predicted molar refractivity (Wildman–Crippen MR) is 92.9 cm³/mol. The molecule has 0 radical (unpaired) electrons. The molecule has 3 amide bonds. The first-order chi connectivity index (χ1) is 11.7. The van der Waals surface area contributed by atoms with Gasteiger partial charge in [0, 0.05) is 28.8 Å². The monoisotopic (exact) mass is 375 g/mol. The van der Waals surface area contributed by atoms with Crippen LogP contribution in [0, 0.1) is 0 Å². The fraction of sp³-hybridized carbons (Fsp3) is 0.263. The normalized spacial score (nSPS) is 10.4. The zero-order valence-corrected chi connectivity index (χ0v) is 15.7. The number of hydrogen-bond acceptors (Lipinski definition) is 3. The maximum Gasteiger partial charge on any atom is 0.322 e. The van der Waals surface area contributed by atoms with Crippen molar-refractivity contribution in [1.82, 2.24) is 10.6 Å². The van der Waals surface area contributed by atoms with Gasteiger partial charge >= 0.3 is 6.03 Å². The molecule has 1 aromatic carbocycles. The van der Waals surface area contributed by atoms with Crippen LogP contribution in [0.4, 0.5) is 4.79 Å². The second-order valence-electron chi connectivity index (χ2n) is 6.71. The summed E-state index contributed by atoms with van der Waals surface area (Å²) in [5.74, 6) is -0.518. The van der Waals surface area contributed by atoms with Gasteiger partial charge in [-0.25, -0.2) is 4.79 Å². The van der Waals surface area contributed by atoms with Crippen LogP contribution in [0.15, 0.2) is 54.9 Å². The number of carbonyl (C=O) groups excluding carboxylic acids is 3. The third kappa shape index (κ3) is 6.64. The van der Waals surface area contributed by atoms with Crippen LogP contribution in [-0.2, 0) is 11.3 Å². The van der Waals surface area contributed by atoms with E-state index in [9.17, 15) is 14.4 Å². The van der Waals surface area contributed by atoms with Crippen molar-refractivity contribution in [3.63, 3.8) is 0 Å². The van der Waals surface area contributed by atoms with Gasteiger partial charge in [-0.15, -0.1) is 0 Å². The van der Waals surface area contributed by atoms with Gasteiger partial charge in [0.15, 0.2) is 18.2 Å². The predicted octanol–water partition coefficient (Wildman–Crippen LogP) is -1.17. The van der Waals surface area contributed by atoms with Crippen molar-refractivity contribution in [2.24, 2.45) is 0 Å². The van der Waals surface area contributed by atoms with Gasteiger partial charge in [0.2, 0.25) is 6.54 Å². The van der Waals surface area contributed by atoms with Crippen molar-refractivity contribution in [3.05, 3.63) is 66.0 Å². The molecule has 1 heterocycles. The van der Waals surface area contributed by atoms with Gasteiger partial charge in [-0.05, 0) is 20.8 Å². The van der Waals surface area contributed by atoms with Crippen LogP contribution in [0.1, 0.15) is 36.7 Å². The van der Waals surface area contributed by atoms with Crippen LogP contribution >= 0.6 is 0 Å². The van der Waals surface area contributed by atoms with Gasteiger partial charge in [-0.2, -0.15) is 4.57 Å². The Morgan fingerprint density at radius 1 is 0.923 bits per heavy atom. The van der Waals surface area contributed by atoms with Crippen molar-refractivity contribution in [3.8, 4) is 0 Å². The summed E-state index contributed by atoms with van der Waals surface area (Å²) < 4.78 is 1.60. The number of halogens is 1. The summed E-state index contributed by atoms with van der Waals surface area (Å²) in [6, 6.07) is 11.7. The summed E-state index contributed by atoms with van der Waals surface area (Å²) in [5, 5.41) is 4.92. The molecule has 0 atom stereocenters. The zero-order chi connectivity index (χ0) is 18.4. The summed E-state index contributed by atoms with van der Waals surface area (Å²) in [4.78, 5) is 35.9. The lowest BCUT2D eigenvalue weighted by Crippen LogP contribution is -3.00. The number of carbonyl (C=O) groups is 3. The number of urea groups is 1. The van der Waals surface area contributed by atoms with Crippen molar-refractivity contribution >= 4 is 17.7 Å². The van der Waals surface area contributed by atoms with E-state index in [0.717, 1.165) is 0 Å². The lowest BCUT2D eigenvalue weighted by atomic mass is 10.0. The largest absolute Gasteiger partial charge is 1.00 e. The Morgan fingerprint density at radius 2 is 1.46 bits per heavy atom. The molecule has 0 unspecified atom stereocenters. The molecule has 0 aliphatic carbocycles. The van der Waals surface area contributed by atoms with Crippen molar-refractivity contribution in [1.29, 1.82) is 0 Å². The van der Waals surface area contributed by atoms with E-state index in [1.54, 1.807) is 41.2 Å². The van der Waals surface area contributed by atoms with E-state index in [0.29, 0.717) is 11.1 Å². The Hall–Kier alpha value is -2.73. The van der Waals surface area contributed by atoms with Crippen LogP contribution in [0.25, 0.3) is 0 Å². The molecule has 0 bridgehead atoms. The van der Waals surface area contributed by atoms with Gasteiger partial charge in [-0.1, -0.05) is 30.3 Å². The van der Waals surface area contributed by atoms with Crippen molar-refractivity contribution < 1.29 is 31.4 Å². The maximum absolute atomic E-state index is 12.3. The van der Waals surface area contributed by atoms with Crippen molar-refractivity contribution in [2.75, 3.05) is 0 Å². The molecular weight excluding hydrogens is 354 g/mol. The molecule has 0 aliphatic rings. The molecule has 0 fully saturated rings. The highest BCUT2D eigenvalue weighted by atomic mass is 35.5. The number of ketones is 1. The van der Waals surface area contributed by atoms with E-state index in [1.165, 1.54) is 0 Å². The van der Waals surface area contributed by atoms with E-state index >= 15 is 0 Å². The summed E-state index contributed by atoms with van der Waals surface area (Å²) >= 11 is 0. The third-order valence-electron chi connectivity index (χ3n) is 3.26. The molecule has 6 nitrogen and oxygen atoms in total. The van der Waals surface area contributed by atoms with E-state index in [-0.39, 0.29) is 24.7 Å². The van der Waals surface area contributed by atoms with Gasteiger partial charge in [0.1, 0.15) is 0 Å². The number of hydrogen-bond donors (Lipinski definition) is 2. The number of aromatic nitrogens is 1. The van der Waals surface area contributed by atoms with Gasteiger partial charge < -0.3 is 17.7 Å². The molecule has 0 saturated carbocycles. The third-order valence-corrected chi connectivity index (χ3v) is 3.26. The average molecular weight is 376 g/mol. The average Bonchev–Trinajstić information content (AvgIpc) is 2.53. The Morgan fingerprint density at radius 3 is 2.00 bits per heavy atom. The fourth-order valence-electron chi connectivity index (χ4n) is 2.17. The van der Waals surface area contributed by atoms with E-state index in [1.807, 2.05) is 39.0 Å². The highest BCUT2D eigenvalue weighted by Gasteiger charge is 2.18. The Balaban J connectivity index is 0.00000338. The Bertz CT molecular complexity index is 769. The first-order valence-corrected chi connectivity index (χ1v) is 7.95. The Kier molecular flexibility index (Phi) is 7.46. The lowest BCUT2D eigenvalue weighted by Gasteiger charge is -2.19. The molecule has 1 aromatic heterocycles. The first-order valence-electron chi connectivity index (χ1n) is 7.95. The fourth-order valence-corrected chi connectivity index (χ4v) is 2.17. The number of rotatable bonds is 4. The number of amides is 3. The second kappa shape index (κ2) is 9.10. The molecule has 2 N–H and O–H groups in total.